The van der Waals surface area contributed by atoms with Crippen molar-refractivity contribution in [1.29, 1.82) is 0 Å². The van der Waals surface area contributed by atoms with Gasteiger partial charge in [-0.2, -0.15) is 5.10 Å². The topological polar surface area (TPSA) is 60.7 Å². The number of Topliss-reactive ketones (excluding diaryl/α,β-unsaturated/α-hetero) is 1. The molecule has 100 valence electrons. The third kappa shape index (κ3) is 3.71. The van der Waals surface area contributed by atoms with Crippen LogP contribution >= 0.6 is 0 Å². The number of aromatic nitrogens is 4. The molecule has 0 spiro atoms. The Morgan fingerprint density at radius 2 is 2.11 bits per heavy atom. The number of hydrogen-bond donors (Lipinski definition) is 0. The Hall–Kier alpha value is -2.04. The molecule has 0 bridgehead atoms. The van der Waals surface area contributed by atoms with Crippen LogP contribution in [0.4, 0.5) is 0 Å². The van der Waals surface area contributed by atoms with E-state index in [1.165, 1.54) is 6.33 Å². The maximum Gasteiger partial charge on any atom is 0.164 e. The predicted octanol–water partition coefficient (Wildman–Crippen LogP) is 2.67. The first-order valence-electron chi connectivity index (χ1n) is 6.30. The smallest absolute Gasteiger partial charge is 0.164 e. The number of hydrogen-bond acceptors (Lipinski definition) is 4. The van der Waals surface area contributed by atoms with Gasteiger partial charge in [0, 0.05) is 18.2 Å². The van der Waals surface area contributed by atoms with Gasteiger partial charge in [0.25, 0.3) is 0 Å². The molecule has 2 aromatic rings. The molecule has 5 heteroatoms. The van der Waals surface area contributed by atoms with Crippen molar-refractivity contribution >= 4 is 5.78 Å². The van der Waals surface area contributed by atoms with Gasteiger partial charge in [-0.05, 0) is 24.0 Å². The molecule has 0 aliphatic heterocycles. The fourth-order valence-corrected chi connectivity index (χ4v) is 1.65. The van der Waals surface area contributed by atoms with Gasteiger partial charge in [-0.15, -0.1) is 0 Å². The molecule has 2 heterocycles. The second-order valence-electron chi connectivity index (χ2n) is 5.73. The van der Waals surface area contributed by atoms with E-state index in [1.807, 2.05) is 0 Å². The van der Waals surface area contributed by atoms with Gasteiger partial charge in [-0.1, -0.05) is 20.8 Å². The van der Waals surface area contributed by atoms with Crippen LogP contribution in [-0.2, 0) is 0 Å². The van der Waals surface area contributed by atoms with Gasteiger partial charge in [-0.25, -0.2) is 14.6 Å². The SMILES string of the molecule is CC(C)(C)CCC(=O)c1ccc(-n2cncn2)nc1. The van der Waals surface area contributed by atoms with E-state index in [2.05, 4.69) is 35.8 Å². The number of ketones is 1. The summed E-state index contributed by atoms with van der Waals surface area (Å²) in [6.07, 6.45) is 6.04. The first-order valence-corrected chi connectivity index (χ1v) is 6.30. The molecular weight excluding hydrogens is 240 g/mol. The maximum absolute atomic E-state index is 12.0. The fourth-order valence-electron chi connectivity index (χ4n) is 1.65. The van der Waals surface area contributed by atoms with Gasteiger partial charge >= 0.3 is 0 Å². The van der Waals surface area contributed by atoms with E-state index in [0.29, 0.717) is 17.8 Å². The highest BCUT2D eigenvalue weighted by Gasteiger charge is 2.14. The molecule has 0 aromatic carbocycles. The molecule has 2 rings (SSSR count). The van der Waals surface area contributed by atoms with Gasteiger partial charge in [0.2, 0.25) is 0 Å². The van der Waals surface area contributed by atoms with Crippen LogP contribution in [0.15, 0.2) is 31.0 Å². The largest absolute Gasteiger partial charge is 0.294 e. The lowest BCUT2D eigenvalue weighted by atomic mass is 9.89. The van der Waals surface area contributed by atoms with E-state index in [-0.39, 0.29) is 11.2 Å². The van der Waals surface area contributed by atoms with Crippen molar-refractivity contribution < 1.29 is 4.79 Å². The lowest BCUT2D eigenvalue weighted by Gasteiger charge is -2.16. The zero-order valence-electron chi connectivity index (χ0n) is 11.5. The average molecular weight is 258 g/mol. The molecule has 2 aromatic heterocycles. The van der Waals surface area contributed by atoms with Crippen LogP contribution in [0.3, 0.4) is 0 Å². The summed E-state index contributed by atoms with van der Waals surface area (Å²) in [6.45, 7) is 6.39. The van der Waals surface area contributed by atoms with Crippen LogP contribution in [0.5, 0.6) is 0 Å². The zero-order chi connectivity index (χ0) is 13.9. The lowest BCUT2D eigenvalue weighted by molar-refractivity contribution is 0.0965. The van der Waals surface area contributed by atoms with Crippen LogP contribution < -0.4 is 0 Å². The second kappa shape index (κ2) is 5.30. The highest BCUT2D eigenvalue weighted by molar-refractivity contribution is 5.95. The molecule has 19 heavy (non-hydrogen) atoms. The van der Waals surface area contributed by atoms with Crippen molar-refractivity contribution in [3.05, 3.63) is 36.5 Å². The fraction of sp³-hybridized carbons (Fsp3) is 0.429. The molecule has 0 aliphatic rings. The Bertz CT molecular complexity index is 538. The van der Waals surface area contributed by atoms with Gasteiger partial charge in [0.15, 0.2) is 11.6 Å². The number of rotatable bonds is 4. The Labute approximate surface area is 112 Å². The average Bonchev–Trinajstić information content (AvgIpc) is 2.89. The minimum absolute atomic E-state index is 0.132. The Morgan fingerprint density at radius 1 is 1.32 bits per heavy atom. The summed E-state index contributed by atoms with van der Waals surface area (Å²) in [5.74, 6) is 0.789. The molecule has 0 saturated heterocycles. The minimum Gasteiger partial charge on any atom is -0.294 e. The van der Waals surface area contributed by atoms with Crippen molar-refractivity contribution in [3.63, 3.8) is 0 Å². The highest BCUT2D eigenvalue weighted by atomic mass is 16.1. The minimum atomic E-state index is 0.132. The molecule has 0 N–H and O–H groups in total. The number of carbonyl (C=O) groups excluding carboxylic acids is 1. The number of carbonyl (C=O) groups is 1. The summed E-state index contributed by atoms with van der Waals surface area (Å²) in [6, 6.07) is 3.56. The molecule has 0 aliphatic carbocycles. The quantitative estimate of drug-likeness (QED) is 0.791. The van der Waals surface area contributed by atoms with E-state index in [4.69, 9.17) is 0 Å². The first kappa shape index (κ1) is 13.4. The third-order valence-corrected chi connectivity index (χ3v) is 2.83. The number of pyridine rings is 1. The van der Waals surface area contributed by atoms with E-state index in [1.54, 1.807) is 29.3 Å². The van der Waals surface area contributed by atoms with Crippen LogP contribution in [0.2, 0.25) is 0 Å². The summed E-state index contributed by atoms with van der Waals surface area (Å²) in [5, 5.41) is 3.99. The van der Waals surface area contributed by atoms with E-state index in [0.717, 1.165) is 6.42 Å². The molecule has 0 radical (unpaired) electrons. The van der Waals surface area contributed by atoms with Crippen molar-refractivity contribution in [1.82, 2.24) is 19.7 Å². The van der Waals surface area contributed by atoms with E-state index >= 15 is 0 Å². The molecule has 0 atom stereocenters. The normalized spacial score (nSPS) is 11.5. The van der Waals surface area contributed by atoms with Crippen LogP contribution in [0.1, 0.15) is 44.0 Å². The predicted molar refractivity (Wildman–Crippen MR) is 72.2 cm³/mol. The van der Waals surface area contributed by atoms with Gasteiger partial charge < -0.3 is 0 Å². The molecule has 0 unspecified atom stereocenters. The summed E-state index contributed by atoms with van der Waals surface area (Å²) in [5.41, 5.74) is 0.817. The first-order chi connectivity index (χ1) is 8.96. The lowest BCUT2D eigenvalue weighted by Crippen LogP contribution is -2.09. The molecule has 0 saturated carbocycles. The number of nitrogens with zero attached hydrogens (tertiary/aromatic N) is 4. The van der Waals surface area contributed by atoms with Crippen molar-refractivity contribution in [3.8, 4) is 5.82 Å². The van der Waals surface area contributed by atoms with Crippen molar-refractivity contribution in [2.75, 3.05) is 0 Å². The molecule has 0 amide bonds. The van der Waals surface area contributed by atoms with Crippen molar-refractivity contribution in [2.24, 2.45) is 5.41 Å². The monoisotopic (exact) mass is 258 g/mol. The molecule has 0 fully saturated rings. The van der Waals surface area contributed by atoms with Crippen molar-refractivity contribution in [2.45, 2.75) is 33.6 Å². The summed E-state index contributed by atoms with van der Waals surface area (Å²) >= 11 is 0. The summed E-state index contributed by atoms with van der Waals surface area (Å²) in [4.78, 5) is 20.1. The van der Waals surface area contributed by atoms with E-state index in [9.17, 15) is 4.79 Å². The Kier molecular flexibility index (Phi) is 3.74. The highest BCUT2D eigenvalue weighted by Crippen LogP contribution is 2.21. The zero-order valence-corrected chi connectivity index (χ0v) is 11.5. The second-order valence-corrected chi connectivity index (χ2v) is 5.73. The van der Waals surface area contributed by atoms with Crippen LogP contribution in [-0.4, -0.2) is 25.5 Å². The third-order valence-electron chi connectivity index (χ3n) is 2.83. The van der Waals surface area contributed by atoms with Crippen LogP contribution in [0.25, 0.3) is 5.82 Å². The molecular formula is C14H18N4O. The molecule has 5 nitrogen and oxygen atoms in total. The Morgan fingerprint density at radius 3 is 2.63 bits per heavy atom. The Balaban J connectivity index is 2.04. The van der Waals surface area contributed by atoms with Gasteiger partial charge in [0.05, 0.1) is 0 Å². The standard InChI is InChI=1S/C14H18N4O/c1-14(2,3)7-6-12(19)11-4-5-13(16-8-11)18-10-15-9-17-18/h4-5,8-10H,6-7H2,1-3H3. The van der Waals surface area contributed by atoms with Crippen LogP contribution in [0, 0.1) is 5.41 Å². The van der Waals surface area contributed by atoms with Gasteiger partial charge in [0.1, 0.15) is 12.7 Å². The van der Waals surface area contributed by atoms with Gasteiger partial charge in [-0.3, -0.25) is 4.79 Å². The maximum atomic E-state index is 12.0. The summed E-state index contributed by atoms with van der Waals surface area (Å²) in [7, 11) is 0. The van der Waals surface area contributed by atoms with E-state index < -0.39 is 0 Å². The summed E-state index contributed by atoms with van der Waals surface area (Å²) < 4.78 is 1.56.